The summed E-state index contributed by atoms with van der Waals surface area (Å²) in [6, 6.07) is 13.9. The highest BCUT2D eigenvalue weighted by Crippen LogP contribution is 2.30. The highest BCUT2D eigenvalue weighted by atomic mass is 32.2. The Balaban J connectivity index is 1.39. The number of nitro groups is 1. The number of anilines is 1. The molecule has 0 spiro atoms. The Morgan fingerprint density at radius 2 is 1.81 bits per heavy atom. The van der Waals surface area contributed by atoms with E-state index in [1.807, 2.05) is 0 Å². The molecule has 32 heavy (non-hydrogen) atoms. The Morgan fingerprint density at radius 3 is 2.47 bits per heavy atom. The summed E-state index contributed by atoms with van der Waals surface area (Å²) in [6.45, 7) is 3.33. The molecule has 7 nitrogen and oxygen atoms in total. The minimum Gasteiger partial charge on any atom is -0.348 e. The highest BCUT2D eigenvalue weighted by molar-refractivity contribution is 7.92. The number of nitro benzene ring substituents is 1. The summed E-state index contributed by atoms with van der Waals surface area (Å²) in [5, 5.41) is 13.4. The molecule has 0 N–H and O–H groups in total. The fourth-order valence-corrected chi connectivity index (χ4v) is 6.60. The molecule has 2 aromatic carbocycles. The maximum atomic E-state index is 13.0. The van der Waals surface area contributed by atoms with Gasteiger partial charge in [0.2, 0.25) is 0 Å². The summed E-state index contributed by atoms with van der Waals surface area (Å²) >= 11 is 1.58. The van der Waals surface area contributed by atoms with Gasteiger partial charge in [0.1, 0.15) is 0 Å². The monoisotopic (exact) mass is 471 g/mol. The molecule has 0 saturated carbocycles. The molecule has 0 atom stereocenters. The van der Waals surface area contributed by atoms with Gasteiger partial charge in [-0.05, 0) is 36.5 Å². The molecule has 9 heteroatoms. The molecule has 1 aromatic heterocycles. The van der Waals surface area contributed by atoms with E-state index >= 15 is 0 Å². The molecule has 1 aliphatic rings. The molecule has 2 heterocycles. The Hall–Kier alpha value is -2.78. The zero-order chi connectivity index (χ0) is 22.7. The first-order chi connectivity index (χ1) is 15.4. The van der Waals surface area contributed by atoms with Crippen LogP contribution in [0.3, 0.4) is 0 Å². The standard InChI is InChI=1S/C23H25N3O4S2/c1-2-17-6-8-18(9-7-17)14-19-16-31-23(24-19)25-12-10-21(11-13-25)32(29,30)22-5-3-4-20(15-22)26(27)28/h3-9,15-16,21H,2,10-14H2,1H3. The van der Waals surface area contributed by atoms with Crippen LogP contribution in [-0.4, -0.2) is 36.7 Å². The highest BCUT2D eigenvalue weighted by Gasteiger charge is 2.32. The second kappa shape index (κ2) is 9.38. The van der Waals surface area contributed by atoms with E-state index in [-0.39, 0.29) is 10.6 Å². The molecular formula is C23H25N3O4S2. The van der Waals surface area contributed by atoms with E-state index < -0.39 is 20.0 Å². The van der Waals surface area contributed by atoms with E-state index in [2.05, 4.69) is 41.5 Å². The predicted molar refractivity (Wildman–Crippen MR) is 126 cm³/mol. The minimum absolute atomic E-state index is 0.0239. The van der Waals surface area contributed by atoms with Crippen LogP contribution in [0.25, 0.3) is 0 Å². The molecule has 0 aliphatic carbocycles. The van der Waals surface area contributed by atoms with Gasteiger partial charge < -0.3 is 4.90 Å². The van der Waals surface area contributed by atoms with Gasteiger partial charge in [0.25, 0.3) is 5.69 Å². The maximum absolute atomic E-state index is 13.0. The summed E-state index contributed by atoms with van der Waals surface area (Å²) in [7, 11) is -3.61. The molecular weight excluding hydrogens is 446 g/mol. The molecule has 4 rings (SSSR count). The van der Waals surface area contributed by atoms with E-state index in [4.69, 9.17) is 4.98 Å². The molecule has 3 aromatic rings. The van der Waals surface area contributed by atoms with E-state index in [0.717, 1.165) is 29.7 Å². The fraction of sp³-hybridized carbons (Fsp3) is 0.348. The average Bonchev–Trinajstić information content (AvgIpc) is 3.28. The first-order valence-corrected chi connectivity index (χ1v) is 13.0. The maximum Gasteiger partial charge on any atom is 0.270 e. The van der Waals surface area contributed by atoms with Crippen LogP contribution in [0.15, 0.2) is 58.8 Å². The van der Waals surface area contributed by atoms with E-state index in [9.17, 15) is 18.5 Å². The van der Waals surface area contributed by atoms with Crippen molar-refractivity contribution in [1.82, 2.24) is 4.98 Å². The van der Waals surface area contributed by atoms with Gasteiger partial charge in [-0.25, -0.2) is 13.4 Å². The number of sulfone groups is 1. The third kappa shape index (κ3) is 4.83. The lowest BCUT2D eigenvalue weighted by molar-refractivity contribution is -0.385. The normalized spacial score (nSPS) is 15.1. The Morgan fingerprint density at radius 1 is 1.12 bits per heavy atom. The molecule has 0 radical (unpaired) electrons. The number of hydrogen-bond acceptors (Lipinski definition) is 7. The number of hydrogen-bond donors (Lipinski definition) is 0. The van der Waals surface area contributed by atoms with E-state index in [1.54, 1.807) is 11.3 Å². The van der Waals surface area contributed by atoms with Crippen molar-refractivity contribution in [2.24, 2.45) is 0 Å². The summed E-state index contributed by atoms with van der Waals surface area (Å²) in [6.07, 6.45) is 2.74. The number of nitrogens with zero attached hydrogens (tertiary/aromatic N) is 3. The predicted octanol–water partition coefficient (Wildman–Crippen LogP) is 4.65. The lowest BCUT2D eigenvalue weighted by Gasteiger charge is -2.31. The lowest BCUT2D eigenvalue weighted by atomic mass is 10.1. The van der Waals surface area contributed by atoms with Crippen LogP contribution in [0, 0.1) is 10.1 Å². The van der Waals surface area contributed by atoms with Crippen LogP contribution >= 0.6 is 11.3 Å². The summed E-state index contributed by atoms with van der Waals surface area (Å²) in [4.78, 5) is 17.4. The number of thiazole rings is 1. The van der Waals surface area contributed by atoms with Crippen molar-refractivity contribution < 1.29 is 13.3 Å². The van der Waals surface area contributed by atoms with Crippen LogP contribution in [-0.2, 0) is 22.7 Å². The van der Waals surface area contributed by atoms with Crippen molar-refractivity contribution in [1.29, 1.82) is 0 Å². The van der Waals surface area contributed by atoms with Crippen molar-refractivity contribution >= 4 is 32.0 Å². The lowest BCUT2D eigenvalue weighted by Crippen LogP contribution is -2.39. The number of aryl methyl sites for hydroxylation is 1. The molecule has 168 valence electrons. The first-order valence-electron chi connectivity index (χ1n) is 10.6. The van der Waals surface area contributed by atoms with Gasteiger partial charge in [0.15, 0.2) is 15.0 Å². The Kier molecular flexibility index (Phi) is 6.57. The minimum atomic E-state index is -3.61. The van der Waals surface area contributed by atoms with Crippen LogP contribution in [0.4, 0.5) is 10.8 Å². The summed E-state index contributed by atoms with van der Waals surface area (Å²) in [5.41, 5.74) is 3.35. The molecule has 1 aliphatic heterocycles. The van der Waals surface area contributed by atoms with E-state index in [0.29, 0.717) is 25.9 Å². The molecule has 1 fully saturated rings. The first kappa shape index (κ1) is 22.4. The molecule has 0 unspecified atom stereocenters. The van der Waals surface area contributed by atoms with Crippen molar-refractivity contribution in [3.8, 4) is 0 Å². The topological polar surface area (TPSA) is 93.4 Å². The Bertz CT molecular complexity index is 1200. The second-order valence-electron chi connectivity index (χ2n) is 7.95. The molecule has 0 amide bonds. The van der Waals surface area contributed by atoms with Crippen LogP contribution in [0.1, 0.15) is 36.6 Å². The van der Waals surface area contributed by atoms with Crippen LogP contribution < -0.4 is 4.90 Å². The number of rotatable bonds is 7. The summed E-state index contributed by atoms with van der Waals surface area (Å²) in [5.74, 6) is 0. The van der Waals surface area contributed by atoms with E-state index in [1.165, 1.54) is 29.3 Å². The van der Waals surface area contributed by atoms with Crippen molar-refractivity contribution in [3.05, 3.63) is 80.8 Å². The average molecular weight is 472 g/mol. The SMILES string of the molecule is CCc1ccc(Cc2csc(N3CCC(S(=O)(=O)c4cccc([N+](=O)[O-])c4)CC3)n2)cc1. The zero-order valence-corrected chi connectivity index (χ0v) is 19.4. The van der Waals surface area contributed by atoms with Crippen molar-refractivity contribution in [2.45, 2.75) is 42.8 Å². The number of non-ortho nitro benzene ring substituents is 1. The van der Waals surface area contributed by atoms with Gasteiger partial charge in [-0.15, -0.1) is 11.3 Å². The quantitative estimate of drug-likeness (QED) is 0.368. The third-order valence-electron chi connectivity index (χ3n) is 5.86. The largest absolute Gasteiger partial charge is 0.348 e. The number of benzene rings is 2. The van der Waals surface area contributed by atoms with Crippen LogP contribution in [0.5, 0.6) is 0 Å². The van der Waals surface area contributed by atoms with Gasteiger partial charge in [-0.2, -0.15) is 0 Å². The second-order valence-corrected chi connectivity index (χ2v) is 11.0. The van der Waals surface area contributed by atoms with Crippen molar-refractivity contribution in [2.75, 3.05) is 18.0 Å². The smallest absolute Gasteiger partial charge is 0.270 e. The fourth-order valence-electron chi connectivity index (χ4n) is 3.95. The zero-order valence-electron chi connectivity index (χ0n) is 17.8. The van der Waals surface area contributed by atoms with Gasteiger partial charge >= 0.3 is 0 Å². The third-order valence-corrected chi connectivity index (χ3v) is 9.07. The molecule has 1 saturated heterocycles. The molecule has 0 bridgehead atoms. The summed E-state index contributed by atoms with van der Waals surface area (Å²) < 4.78 is 26.0. The van der Waals surface area contributed by atoms with Gasteiger partial charge in [-0.1, -0.05) is 37.3 Å². The van der Waals surface area contributed by atoms with Gasteiger partial charge in [0, 0.05) is 37.0 Å². The van der Waals surface area contributed by atoms with Gasteiger partial charge in [-0.3, -0.25) is 10.1 Å². The Labute approximate surface area is 191 Å². The van der Waals surface area contributed by atoms with Crippen LogP contribution in [0.2, 0.25) is 0 Å². The number of aromatic nitrogens is 1. The van der Waals surface area contributed by atoms with Crippen molar-refractivity contribution in [3.63, 3.8) is 0 Å². The van der Waals surface area contributed by atoms with Gasteiger partial charge in [0.05, 0.1) is 20.8 Å². The number of piperidine rings is 1.